The number of hydrogen-bond acceptors (Lipinski definition) is 3. The zero-order chi connectivity index (χ0) is 13.2. The molecule has 0 aliphatic carbocycles. The minimum Gasteiger partial charge on any atom is -0.314 e. The van der Waals surface area contributed by atoms with Crippen molar-refractivity contribution in [3.8, 4) is 0 Å². The molecule has 18 heavy (non-hydrogen) atoms. The number of sulfone groups is 1. The number of benzene rings is 1. The van der Waals surface area contributed by atoms with Gasteiger partial charge in [-0.1, -0.05) is 25.1 Å². The van der Waals surface area contributed by atoms with Crippen LogP contribution in [0.4, 0.5) is 0 Å². The molecule has 100 valence electrons. The van der Waals surface area contributed by atoms with E-state index in [-0.39, 0.29) is 5.75 Å². The Morgan fingerprint density at radius 3 is 2.83 bits per heavy atom. The van der Waals surface area contributed by atoms with Gasteiger partial charge < -0.3 is 5.32 Å². The SMILES string of the molecule is CCCNC(C)C1CCS(=O)(=O)c2ccccc21. The maximum absolute atomic E-state index is 12.0. The van der Waals surface area contributed by atoms with Gasteiger partial charge in [0.25, 0.3) is 0 Å². The lowest BCUT2D eigenvalue weighted by Gasteiger charge is -2.30. The second-order valence-electron chi connectivity index (χ2n) is 4.99. The Hall–Kier alpha value is -0.870. The fourth-order valence-electron chi connectivity index (χ4n) is 2.65. The molecule has 0 amide bonds. The van der Waals surface area contributed by atoms with Crippen LogP contribution in [0, 0.1) is 0 Å². The third-order valence-corrected chi connectivity index (χ3v) is 5.49. The molecular formula is C14H21NO2S. The Morgan fingerprint density at radius 1 is 1.39 bits per heavy atom. The first kappa shape index (κ1) is 13.6. The molecule has 1 aromatic rings. The molecule has 0 fully saturated rings. The molecule has 1 aliphatic heterocycles. The standard InChI is InChI=1S/C14H21NO2S/c1-3-9-15-11(2)12-8-10-18(16,17)14-7-5-4-6-13(12)14/h4-7,11-12,15H,3,8-10H2,1-2H3. The van der Waals surface area contributed by atoms with Crippen molar-refractivity contribution >= 4 is 9.84 Å². The van der Waals surface area contributed by atoms with E-state index in [1.54, 1.807) is 6.07 Å². The van der Waals surface area contributed by atoms with Crippen LogP contribution in [0.1, 0.15) is 38.2 Å². The van der Waals surface area contributed by atoms with E-state index >= 15 is 0 Å². The number of rotatable bonds is 4. The van der Waals surface area contributed by atoms with Crippen molar-refractivity contribution in [2.75, 3.05) is 12.3 Å². The summed E-state index contributed by atoms with van der Waals surface area (Å²) in [5.74, 6) is 0.573. The van der Waals surface area contributed by atoms with E-state index in [0.717, 1.165) is 24.9 Å². The van der Waals surface area contributed by atoms with Gasteiger partial charge in [-0.15, -0.1) is 0 Å². The predicted octanol–water partition coefficient (Wildman–Crippen LogP) is 2.34. The fourth-order valence-corrected chi connectivity index (χ4v) is 4.30. The number of hydrogen-bond donors (Lipinski definition) is 1. The van der Waals surface area contributed by atoms with Crippen molar-refractivity contribution in [3.63, 3.8) is 0 Å². The second-order valence-corrected chi connectivity index (χ2v) is 7.07. The van der Waals surface area contributed by atoms with Crippen molar-refractivity contribution < 1.29 is 8.42 Å². The summed E-state index contributed by atoms with van der Waals surface area (Å²) in [4.78, 5) is 0.534. The molecule has 1 N–H and O–H groups in total. The molecule has 4 heteroatoms. The van der Waals surface area contributed by atoms with Crippen LogP contribution in [0.15, 0.2) is 29.2 Å². The van der Waals surface area contributed by atoms with Crippen LogP contribution in [-0.4, -0.2) is 26.8 Å². The molecule has 0 bridgehead atoms. The van der Waals surface area contributed by atoms with Crippen molar-refractivity contribution in [3.05, 3.63) is 29.8 Å². The molecule has 0 radical (unpaired) electrons. The Morgan fingerprint density at radius 2 is 2.11 bits per heavy atom. The highest BCUT2D eigenvalue weighted by Gasteiger charge is 2.32. The highest BCUT2D eigenvalue weighted by Crippen LogP contribution is 2.35. The summed E-state index contributed by atoms with van der Waals surface area (Å²) in [7, 11) is -3.06. The summed E-state index contributed by atoms with van der Waals surface area (Å²) in [6.07, 6.45) is 1.81. The zero-order valence-corrected chi connectivity index (χ0v) is 11.8. The van der Waals surface area contributed by atoms with Gasteiger partial charge >= 0.3 is 0 Å². The molecule has 2 atom stereocenters. The van der Waals surface area contributed by atoms with Crippen molar-refractivity contribution in [2.24, 2.45) is 0 Å². The number of nitrogens with one attached hydrogen (secondary N) is 1. The molecule has 1 aromatic carbocycles. The molecule has 0 aromatic heterocycles. The largest absolute Gasteiger partial charge is 0.314 e. The van der Waals surface area contributed by atoms with E-state index in [0.29, 0.717) is 16.9 Å². The van der Waals surface area contributed by atoms with Gasteiger partial charge in [-0.05, 0) is 37.9 Å². The fraction of sp³-hybridized carbons (Fsp3) is 0.571. The summed E-state index contributed by atoms with van der Waals surface area (Å²) in [6.45, 7) is 5.26. The van der Waals surface area contributed by atoms with Crippen molar-refractivity contribution in [1.82, 2.24) is 5.32 Å². The van der Waals surface area contributed by atoms with Gasteiger partial charge in [0.1, 0.15) is 0 Å². The monoisotopic (exact) mass is 267 g/mol. The summed E-state index contributed by atoms with van der Waals surface area (Å²) in [5, 5.41) is 3.48. The van der Waals surface area contributed by atoms with Crippen LogP contribution in [-0.2, 0) is 9.84 Å². The first-order valence-corrected chi connectivity index (χ1v) is 8.26. The quantitative estimate of drug-likeness (QED) is 0.910. The normalized spacial score (nSPS) is 23.3. The molecule has 3 nitrogen and oxygen atoms in total. The van der Waals surface area contributed by atoms with Crippen LogP contribution in [0.3, 0.4) is 0 Å². The minimum atomic E-state index is -3.06. The van der Waals surface area contributed by atoms with Crippen LogP contribution in [0.5, 0.6) is 0 Å². The van der Waals surface area contributed by atoms with Crippen LogP contribution >= 0.6 is 0 Å². The van der Waals surface area contributed by atoms with Gasteiger partial charge in [-0.25, -0.2) is 8.42 Å². The van der Waals surface area contributed by atoms with Crippen molar-refractivity contribution in [2.45, 2.75) is 43.5 Å². The summed E-state index contributed by atoms with van der Waals surface area (Å²) in [5.41, 5.74) is 0.986. The molecule has 0 saturated carbocycles. The summed E-state index contributed by atoms with van der Waals surface area (Å²) < 4.78 is 24.1. The lowest BCUT2D eigenvalue weighted by Crippen LogP contribution is -2.36. The molecule has 0 spiro atoms. The maximum Gasteiger partial charge on any atom is 0.178 e. The van der Waals surface area contributed by atoms with Gasteiger partial charge in [0.15, 0.2) is 9.84 Å². The van der Waals surface area contributed by atoms with Crippen LogP contribution in [0.25, 0.3) is 0 Å². The minimum absolute atomic E-state index is 0.271. The molecule has 2 unspecified atom stereocenters. The van der Waals surface area contributed by atoms with Crippen LogP contribution < -0.4 is 5.32 Å². The second kappa shape index (κ2) is 5.41. The molecule has 2 rings (SSSR count). The van der Waals surface area contributed by atoms with E-state index in [2.05, 4.69) is 19.2 Å². The van der Waals surface area contributed by atoms with Gasteiger partial charge in [0.05, 0.1) is 10.6 Å². The first-order chi connectivity index (χ1) is 8.56. The predicted molar refractivity (Wildman–Crippen MR) is 73.6 cm³/mol. The summed E-state index contributed by atoms with van der Waals surface area (Å²) >= 11 is 0. The topological polar surface area (TPSA) is 46.2 Å². The third kappa shape index (κ3) is 2.59. The highest BCUT2D eigenvalue weighted by molar-refractivity contribution is 7.91. The molecule has 1 heterocycles. The van der Waals surface area contributed by atoms with Crippen molar-refractivity contribution in [1.29, 1.82) is 0 Å². The highest BCUT2D eigenvalue weighted by atomic mass is 32.2. The number of fused-ring (bicyclic) bond motifs is 1. The Labute approximate surface area is 110 Å². The third-order valence-electron chi connectivity index (χ3n) is 3.67. The van der Waals surface area contributed by atoms with Gasteiger partial charge in [-0.3, -0.25) is 0 Å². The van der Waals surface area contributed by atoms with E-state index in [1.165, 1.54) is 0 Å². The average molecular weight is 267 g/mol. The van der Waals surface area contributed by atoms with Gasteiger partial charge in [0.2, 0.25) is 0 Å². The lowest BCUT2D eigenvalue weighted by molar-refractivity contribution is 0.437. The van der Waals surface area contributed by atoms with Gasteiger partial charge in [0, 0.05) is 12.0 Å². The van der Waals surface area contributed by atoms with E-state index < -0.39 is 9.84 Å². The molecule has 0 saturated heterocycles. The molecular weight excluding hydrogens is 246 g/mol. The smallest absolute Gasteiger partial charge is 0.178 e. The molecule has 1 aliphatic rings. The Bertz CT molecular complexity index is 510. The van der Waals surface area contributed by atoms with E-state index in [4.69, 9.17) is 0 Å². The van der Waals surface area contributed by atoms with Gasteiger partial charge in [-0.2, -0.15) is 0 Å². The zero-order valence-electron chi connectivity index (χ0n) is 11.0. The Kier molecular flexibility index (Phi) is 4.07. The van der Waals surface area contributed by atoms with Crippen LogP contribution in [0.2, 0.25) is 0 Å². The lowest BCUT2D eigenvalue weighted by atomic mass is 9.89. The first-order valence-electron chi connectivity index (χ1n) is 6.61. The average Bonchev–Trinajstić information content (AvgIpc) is 2.36. The summed E-state index contributed by atoms with van der Waals surface area (Å²) in [6, 6.07) is 7.76. The maximum atomic E-state index is 12.0. The van der Waals surface area contributed by atoms with E-state index in [9.17, 15) is 8.42 Å². The van der Waals surface area contributed by atoms with E-state index in [1.807, 2.05) is 18.2 Å². The Balaban J connectivity index is 2.31.